The first-order chi connectivity index (χ1) is 12.9. The van der Waals surface area contributed by atoms with Crippen LogP contribution in [0.15, 0.2) is 41.7 Å². The van der Waals surface area contributed by atoms with Crippen LogP contribution in [-0.4, -0.2) is 22.1 Å². The summed E-state index contributed by atoms with van der Waals surface area (Å²) in [6, 6.07) is 7.60. The molecule has 1 aromatic heterocycles. The van der Waals surface area contributed by atoms with Crippen LogP contribution in [-0.2, 0) is 16.1 Å². The summed E-state index contributed by atoms with van der Waals surface area (Å²) in [6.07, 6.45) is 2.86. The zero-order valence-corrected chi connectivity index (χ0v) is 15.2. The van der Waals surface area contributed by atoms with Gasteiger partial charge < -0.3 is 4.74 Å². The van der Waals surface area contributed by atoms with Gasteiger partial charge in [-0.2, -0.15) is 5.26 Å². The minimum atomic E-state index is -0.845. The van der Waals surface area contributed by atoms with Crippen molar-refractivity contribution < 1.29 is 14.5 Å². The van der Waals surface area contributed by atoms with Crippen LogP contribution < -0.4 is 14.8 Å². The van der Waals surface area contributed by atoms with Gasteiger partial charge in [-0.25, -0.2) is 4.79 Å². The van der Waals surface area contributed by atoms with E-state index in [1.54, 1.807) is 19.1 Å². The number of benzene rings is 1. The Kier molecular flexibility index (Phi) is 6.41. The van der Waals surface area contributed by atoms with Gasteiger partial charge in [-0.05, 0) is 18.6 Å². The fraction of sp³-hybridized carbons (Fsp3) is 0.167. The van der Waals surface area contributed by atoms with E-state index < -0.39 is 16.5 Å². The first-order valence-electron chi connectivity index (χ1n) is 7.81. The molecule has 2 aromatic rings. The number of rotatable bonds is 6. The van der Waals surface area contributed by atoms with Crippen LogP contribution in [0.25, 0.3) is 11.6 Å². The zero-order chi connectivity index (χ0) is 20.0. The largest absolute Gasteiger partial charge is 0.457 e. The van der Waals surface area contributed by atoms with Crippen LogP contribution in [0.1, 0.15) is 12.5 Å². The third kappa shape index (κ3) is 4.37. The molecule has 0 N–H and O–H groups in total. The van der Waals surface area contributed by atoms with Crippen LogP contribution >= 0.6 is 11.3 Å². The number of thiazole rings is 1. The number of carbonyl (C=O) groups is 1. The van der Waals surface area contributed by atoms with Gasteiger partial charge in [0.2, 0.25) is 0 Å². The predicted molar refractivity (Wildman–Crippen MR) is 100 cm³/mol. The second kappa shape index (κ2) is 8.73. The summed E-state index contributed by atoms with van der Waals surface area (Å²) < 4.78 is 6.61. The lowest BCUT2D eigenvalue weighted by atomic mass is 10.2. The van der Waals surface area contributed by atoms with Gasteiger partial charge in [0.05, 0.1) is 9.46 Å². The van der Waals surface area contributed by atoms with Crippen LogP contribution in [0, 0.1) is 21.4 Å². The minimum absolute atomic E-state index is 0.0571. The average molecular weight is 385 g/mol. The van der Waals surface area contributed by atoms with Gasteiger partial charge in [-0.1, -0.05) is 24.8 Å². The maximum atomic E-state index is 12.6. The van der Waals surface area contributed by atoms with Gasteiger partial charge in [0.15, 0.2) is 5.57 Å². The summed E-state index contributed by atoms with van der Waals surface area (Å²) in [7, 11) is 0. The standard InChI is InChI=1S/C18H15N3O5S/c1-3-8-26-18(23)14(11-19)17-20(4-2)16(22)15(27-17)10-12-6-5-7-13(9-12)21(24)25/h3,5-7,9-10H,1,4,8H2,2H3/b15-10?,17-14-. The molecule has 0 unspecified atom stereocenters. The molecule has 8 nitrogen and oxygen atoms in total. The van der Waals surface area contributed by atoms with E-state index in [2.05, 4.69) is 6.58 Å². The number of hydrogen-bond acceptors (Lipinski definition) is 7. The molecule has 0 saturated carbocycles. The third-order valence-corrected chi connectivity index (χ3v) is 4.60. The number of nitrogens with zero attached hydrogens (tertiary/aromatic N) is 3. The Hall–Kier alpha value is -3.51. The van der Waals surface area contributed by atoms with E-state index in [1.807, 2.05) is 0 Å². The Bertz CT molecular complexity index is 1120. The first kappa shape index (κ1) is 19.8. The third-order valence-electron chi connectivity index (χ3n) is 3.46. The van der Waals surface area contributed by atoms with Gasteiger partial charge >= 0.3 is 5.97 Å². The highest BCUT2D eigenvalue weighted by Gasteiger charge is 2.16. The molecule has 1 heterocycles. The van der Waals surface area contributed by atoms with Crippen molar-refractivity contribution in [2.45, 2.75) is 13.5 Å². The first-order valence-corrected chi connectivity index (χ1v) is 8.62. The minimum Gasteiger partial charge on any atom is -0.457 e. The van der Waals surface area contributed by atoms with Crippen molar-refractivity contribution >= 4 is 34.6 Å². The number of aromatic nitrogens is 1. The number of nitro groups is 1. The molecular formula is C18H15N3O5S. The second-order valence-corrected chi connectivity index (χ2v) is 6.22. The highest BCUT2D eigenvalue weighted by Crippen LogP contribution is 2.13. The van der Waals surface area contributed by atoms with Crippen molar-refractivity contribution in [3.8, 4) is 6.07 Å². The summed E-state index contributed by atoms with van der Waals surface area (Å²) in [5, 5.41) is 20.2. The molecule has 0 saturated heterocycles. The molecule has 0 amide bonds. The molecule has 0 atom stereocenters. The van der Waals surface area contributed by atoms with Crippen LogP contribution in [0.4, 0.5) is 5.69 Å². The molecule has 0 aliphatic rings. The number of hydrogen-bond donors (Lipinski definition) is 0. The molecule has 2 rings (SSSR count). The Balaban J connectivity index is 2.71. The lowest BCUT2D eigenvalue weighted by molar-refractivity contribution is -0.384. The van der Waals surface area contributed by atoms with E-state index in [0.29, 0.717) is 5.56 Å². The molecule has 1 aromatic carbocycles. The quantitative estimate of drug-likeness (QED) is 0.318. The van der Waals surface area contributed by atoms with E-state index in [0.717, 1.165) is 11.3 Å². The Morgan fingerprint density at radius 3 is 2.85 bits per heavy atom. The van der Waals surface area contributed by atoms with Gasteiger partial charge in [-0.15, -0.1) is 11.3 Å². The topological polar surface area (TPSA) is 115 Å². The monoisotopic (exact) mass is 385 g/mol. The van der Waals surface area contributed by atoms with Crippen molar-refractivity contribution in [3.05, 3.63) is 72.1 Å². The molecule has 0 bridgehead atoms. The Morgan fingerprint density at radius 2 is 2.26 bits per heavy atom. The maximum absolute atomic E-state index is 12.6. The second-order valence-electron chi connectivity index (χ2n) is 5.19. The van der Waals surface area contributed by atoms with Gasteiger partial charge in [0.1, 0.15) is 17.3 Å². The van der Waals surface area contributed by atoms with Crippen LogP contribution in [0.3, 0.4) is 0 Å². The van der Waals surface area contributed by atoms with E-state index in [-0.39, 0.29) is 33.6 Å². The van der Waals surface area contributed by atoms with E-state index in [1.165, 1.54) is 34.9 Å². The Morgan fingerprint density at radius 1 is 1.52 bits per heavy atom. The molecule has 138 valence electrons. The van der Waals surface area contributed by atoms with Crippen molar-refractivity contribution in [1.82, 2.24) is 4.57 Å². The van der Waals surface area contributed by atoms with E-state index in [9.17, 15) is 25.0 Å². The van der Waals surface area contributed by atoms with Crippen LogP contribution in [0.5, 0.6) is 0 Å². The number of esters is 1. The number of ether oxygens (including phenoxy) is 1. The summed E-state index contributed by atoms with van der Waals surface area (Å²) in [5.41, 5.74) is -0.313. The molecular weight excluding hydrogens is 370 g/mol. The van der Waals surface area contributed by atoms with Crippen molar-refractivity contribution in [2.24, 2.45) is 0 Å². The lowest BCUT2D eigenvalue weighted by Gasteiger charge is -2.00. The number of non-ortho nitro benzene ring substituents is 1. The zero-order valence-electron chi connectivity index (χ0n) is 14.4. The summed E-state index contributed by atoms with van der Waals surface area (Å²) in [5.74, 6) is -0.845. The lowest BCUT2D eigenvalue weighted by Crippen LogP contribution is -2.32. The number of carbonyl (C=O) groups excluding carboxylic acids is 1. The van der Waals surface area contributed by atoms with Gasteiger partial charge in [0, 0.05) is 18.7 Å². The summed E-state index contributed by atoms with van der Waals surface area (Å²) in [6.45, 7) is 5.33. The molecule has 9 heteroatoms. The molecule has 27 heavy (non-hydrogen) atoms. The fourth-order valence-electron chi connectivity index (χ4n) is 2.26. The van der Waals surface area contributed by atoms with E-state index in [4.69, 9.17) is 4.74 Å². The molecule has 0 fully saturated rings. The normalized spacial score (nSPS) is 12.2. The molecule has 0 aliphatic carbocycles. The number of nitro benzene ring substituents is 1. The molecule has 0 radical (unpaired) electrons. The van der Waals surface area contributed by atoms with E-state index >= 15 is 0 Å². The van der Waals surface area contributed by atoms with Gasteiger partial charge in [-0.3, -0.25) is 19.5 Å². The highest BCUT2D eigenvalue weighted by molar-refractivity contribution is 7.07. The Labute approximate surface area is 157 Å². The molecule has 0 spiro atoms. The van der Waals surface area contributed by atoms with Crippen LogP contribution in [0.2, 0.25) is 0 Å². The fourth-order valence-corrected chi connectivity index (χ4v) is 3.41. The summed E-state index contributed by atoms with van der Waals surface area (Å²) >= 11 is 0.953. The van der Waals surface area contributed by atoms with Crippen molar-refractivity contribution in [1.29, 1.82) is 5.26 Å². The number of nitriles is 1. The van der Waals surface area contributed by atoms with Crippen molar-refractivity contribution in [3.63, 3.8) is 0 Å². The predicted octanol–water partition coefficient (Wildman–Crippen LogP) is 1.07. The smallest absolute Gasteiger partial charge is 0.352 e. The maximum Gasteiger partial charge on any atom is 0.352 e. The average Bonchev–Trinajstić information content (AvgIpc) is 2.96. The highest BCUT2D eigenvalue weighted by atomic mass is 32.1. The summed E-state index contributed by atoms with van der Waals surface area (Å²) in [4.78, 5) is 35.1. The van der Waals surface area contributed by atoms with Crippen molar-refractivity contribution in [2.75, 3.05) is 6.61 Å². The molecule has 0 aliphatic heterocycles. The SMILES string of the molecule is C=CCOC(=O)/C(C#N)=c1\sc(=Cc2cccc([N+](=O)[O-])c2)c(=O)n1CC. The van der Waals surface area contributed by atoms with Gasteiger partial charge in [0.25, 0.3) is 11.2 Å².